The average molecular weight is 516 g/mol. The lowest BCUT2D eigenvalue weighted by Gasteiger charge is -2.11. The van der Waals surface area contributed by atoms with Gasteiger partial charge in [-0.25, -0.2) is 14.6 Å². The number of hydrogen-bond acceptors (Lipinski definition) is 8. The number of aryl methyl sites for hydroxylation is 3. The number of carbonyl (C=O) groups excluding carboxylic acids is 1. The van der Waals surface area contributed by atoms with Gasteiger partial charge in [0.15, 0.2) is 11.6 Å². The molecular formula is C28H33N7O3. The largest absolute Gasteiger partial charge is 0.496 e. The third-order valence-electron chi connectivity index (χ3n) is 6.73. The number of ether oxygens (including phenoxy) is 1. The number of aromatic nitrogens is 6. The number of ketones is 1. The van der Waals surface area contributed by atoms with E-state index in [0.29, 0.717) is 35.4 Å². The van der Waals surface area contributed by atoms with E-state index < -0.39 is 0 Å². The van der Waals surface area contributed by atoms with Crippen molar-refractivity contribution < 1.29 is 14.1 Å². The summed E-state index contributed by atoms with van der Waals surface area (Å²) >= 11 is 0. The van der Waals surface area contributed by atoms with Crippen molar-refractivity contribution in [3.05, 3.63) is 41.2 Å². The Bertz CT molecular complexity index is 1640. The quantitative estimate of drug-likeness (QED) is 0.237. The molecule has 0 saturated heterocycles. The van der Waals surface area contributed by atoms with E-state index in [1.165, 1.54) is 19.8 Å². The minimum absolute atomic E-state index is 0.138. The second-order valence-electron chi connectivity index (χ2n) is 9.27. The highest BCUT2D eigenvalue weighted by molar-refractivity contribution is 6.14. The van der Waals surface area contributed by atoms with Crippen molar-refractivity contribution in [1.29, 1.82) is 0 Å². The number of H-pyrrole nitrogens is 1. The van der Waals surface area contributed by atoms with Crippen molar-refractivity contribution >= 4 is 39.4 Å². The first kappa shape index (κ1) is 25.4. The molecule has 1 saturated carbocycles. The predicted molar refractivity (Wildman–Crippen MR) is 147 cm³/mol. The van der Waals surface area contributed by atoms with Crippen LogP contribution in [0.15, 0.2) is 22.7 Å². The van der Waals surface area contributed by atoms with Gasteiger partial charge in [-0.1, -0.05) is 19.0 Å². The number of rotatable bonds is 7. The number of nitrogens with one attached hydrogen (secondary N) is 2. The minimum atomic E-state index is -0.213. The van der Waals surface area contributed by atoms with Crippen LogP contribution in [-0.4, -0.2) is 42.8 Å². The Hall–Kier alpha value is -4.21. The highest BCUT2D eigenvalue weighted by Crippen LogP contribution is 2.42. The standard InChI is InChI=1S/C26H27N7O3.C2H6/c1-6-33-21(11-18(31-33)15-7-8-15)28-26-23-16-10-20(35-5)17(22-12(2)32-36-14(22)4)9-19(16)27-25(23)29-24(30-26)13(3)34;1-2/h9-11,15H,6-8H2,1-5H3,(H2,27,28,29,30);1-2H3. The Morgan fingerprint density at radius 3 is 2.58 bits per heavy atom. The Labute approximate surface area is 220 Å². The molecule has 0 aliphatic heterocycles. The topological polar surface area (TPSA) is 124 Å². The van der Waals surface area contributed by atoms with E-state index in [-0.39, 0.29) is 11.6 Å². The zero-order chi connectivity index (χ0) is 27.1. The van der Waals surface area contributed by atoms with E-state index in [1.807, 2.05) is 44.5 Å². The van der Waals surface area contributed by atoms with Crippen LogP contribution in [0.25, 0.3) is 33.1 Å². The van der Waals surface area contributed by atoms with Crippen LogP contribution in [-0.2, 0) is 6.54 Å². The van der Waals surface area contributed by atoms with Crippen LogP contribution >= 0.6 is 0 Å². The molecule has 0 unspecified atom stereocenters. The van der Waals surface area contributed by atoms with Gasteiger partial charge in [-0.3, -0.25) is 4.79 Å². The number of fused-ring (bicyclic) bond motifs is 3. The van der Waals surface area contributed by atoms with Crippen molar-refractivity contribution in [2.24, 2.45) is 0 Å². The number of carbonyl (C=O) groups is 1. The number of anilines is 2. The van der Waals surface area contributed by atoms with Gasteiger partial charge in [0.05, 0.1) is 29.4 Å². The molecular weight excluding hydrogens is 482 g/mol. The molecule has 38 heavy (non-hydrogen) atoms. The number of nitrogens with zero attached hydrogens (tertiary/aromatic N) is 5. The highest BCUT2D eigenvalue weighted by Gasteiger charge is 2.28. The fraction of sp³-hybridized carbons (Fsp3) is 0.393. The Morgan fingerprint density at radius 2 is 1.97 bits per heavy atom. The summed E-state index contributed by atoms with van der Waals surface area (Å²) in [5, 5.41) is 14.0. The van der Waals surface area contributed by atoms with Crippen LogP contribution in [0.3, 0.4) is 0 Å². The summed E-state index contributed by atoms with van der Waals surface area (Å²) in [6.45, 7) is 12.0. The van der Waals surface area contributed by atoms with E-state index in [0.717, 1.165) is 44.6 Å². The average Bonchev–Trinajstić information content (AvgIpc) is 3.47. The van der Waals surface area contributed by atoms with Gasteiger partial charge in [0.1, 0.15) is 28.8 Å². The first-order chi connectivity index (χ1) is 18.4. The molecule has 10 nitrogen and oxygen atoms in total. The fourth-order valence-corrected chi connectivity index (χ4v) is 4.78. The van der Waals surface area contributed by atoms with Gasteiger partial charge in [-0.05, 0) is 45.7 Å². The monoisotopic (exact) mass is 515 g/mol. The second-order valence-corrected chi connectivity index (χ2v) is 9.27. The van der Waals surface area contributed by atoms with E-state index >= 15 is 0 Å². The SMILES string of the molecule is CC.CCn1nc(C2CC2)cc1Nc1nc(C(C)=O)nc2[nH]c3cc(-c4c(C)noc4C)c(OC)cc3c12. The van der Waals surface area contributed by atoms with Crippen molar-refractivity contribution in [1.82, 2.24) is 29.9 Å². The molecule has 0 amide bonds. The molecule has 1 aliphatic rings. The molecule has 1 aromatic carbocycles. The Balaban J connectivity index is 0.00000144. The van der Waals surface area contributed by atoms with E-state index in [1.54, 1.807) is 7.11 Å². The highest BCUT2D eigenvalue weighted by atomic mass is 16.5. The number of benzene rings is 1. The molecule has 0 bridgehead atoms. The lowest BCUT2D eigenvalue weighted by Crippen LogP contribution is -2.08. The van der Waals surface area contributed by atoms with Gasteiger partial charge < -0.3 is 19.6 Å². The second kappa shape index (κ2) is 9.92. The molecule has 6 rings (SSSR count). The first-order valence-corrected chi connectivity index (χ1v) is 13.1. The van der Waals surface area contributed by atoms with Crippen molar-refractivity contribution in [3.8, 4) is 16.9 Å². The van der Waals surface area contributed by atoms with Gasteiger partial charge in [-0.15, -0.1) is 0 Å². The van der Waals surface area contributed by atoms with E-state index in [4.69, 9.17) is 14.4 Å². The van der Waals surface area contributed by atoms with E-state index in [2.05, 4.69) is 38.4 Å². The van der Waals surface area contributed by atoms with Crippen molar-refractivity contribution in [2.75, 3.05) is 12.4 Å². The maximum Gasteiger partial charge on any atom is 0.199 e. The number of aromatic amines is 1. The minimum Gasteiger partial charge on any atom is -0.496 e. The summed E-state index contributed by atoms with van der Waals surface area (Å²) in [5.41, 5.74) is 5.01. The zero-order valence-corrected chi connectivity index (χ0v) is 22.9. The van der Waals surface area contributed by atoms with Crippen molar-refractivity contribution in [2.45, 2.75) is 66.8 Å². The normalized spacial score (nSPS) is 13.0. The molecule has 4 heterocycles. The summed E-state index contributed by atoms with van der Waals surface area (Å²) in [5.74, 6) is 3.21. The molecule has 1 aliphatic carbocycles. The molecule has 1 fully saturated rings. The Morgan fingerprint density at radius 1 is 1.21 bits per heavy atom. The summed E-state index contributed by atoms with van der Waals surface area (Å²) < 4.78 is 13.1. The maximum atomic E-state index is 12.3. The van der Waals surface area contributed by atoms with Crippen LogP contribution in [0.2, 0.25) is 0 Å². The number of methoxy groups -OCH3 is 1. The zero-order valence-electron chi connectivity index (χ0n) is 22.9. The van der Waals surface area contributed by atoms with Gasteiger partial charge in [0.25, 0.3) is 0 Å². The summed E-state index contributed by atoms with van der Waals surface area (Å²) in [6.07, 6.45) is 2.34. The molecule has 4 aromatic heterocycles. The fourth-order valence-electron chi connectivity index (χ4n) is 4.78. The number of hydrogen-bond donors (Lipinski definition) is 2. The molecule has 0 radical (unpaired) electrons. The summed E-state index contributed by atoms with van der Waals surface area (Å²) in [6, 6.07) is 6.04. The first-order valence-electron chi connectivity index (χ1n) is 13.1. The summed E-state index contributed by atoms with van der Waals surface area (Å²) in [7, 11) is 1.64. The number of Topliss-reactive ketones (excluding diaryl/α,β-unsaturated/α-hetero) is 1. The summed E-state index contributed by atoms with van der Waals surface area (Å²) in [4.78, 5) is 24.8. The van der Waals surface area contributed by atoms with Crippen LogP contribution in [0.1, 0.15) is 74.2 Å². The molecule has 198 valence electrons. The van der Waals surface area contributed by atoms with Crippen LogP contribution in [0, 0.1) is 13.8 Å². The Kier molecular flexibility index (Phi) is 6.64. The smallest absolute Gasteiger partial charge is 0.199 e. The molecule has 10 heteroatoms. The van der Waals surface area contributed by atoms with Crippen LogP contribution in [0.5, 0.6) is 5.75 Å². The van der Waals surface area contributed by atoms with Gasteiger partial charge in [0.2, 0.25) is 0 Å². The maximum absolute atomic E-state index is 12.3. The lowest BCUT2D eigenvalue weighted by molar-refractivity contribution is 0.100. The predicted octanol–water partition coefficient (Wildman–Crippen LogP) is 6.46. The van der Waals surface area contributed by atoms with Gasteiger partial charge >= 0.3 is 0 Å². The lowest BCUT2D eigenvalue weighted by atomic mass is 10.0. The molecule has 5 aromatic rings. The van der Waals surface area contributed by atoms with Gasteiger partial charge in [0, 0.05) is 41.9 Å². The van der Waals surface area contributed by atoms with E-state index in [9.17, 15) is 4.79 Å². The molecule has 0 spiro atoms. The third-order valence-corrected chi connectivity index (χ3v) is 6.73. The third kappa shape index (κ3) is 4.29. The van der Waals surface area contributed by atoms with Gasteiger partial charge in [-0.2, -0.15) is 5.10 Å². The van der Waals surface area contributed by atoms with Crippen molar-refractivity contribution in [3.63, 3.8) is 0 Å². The molecule has 0 atom stereocenters. The molecule has 2 N–H and O–H groups in total. The van der Waals surface area contributed by atoms with Crippen LogP contribution in [0.4, 0.5) is 11.6 Å². The van der Waals surface area contributed by atoms with Crippen LogP contribution < -0.4 is 10.1 Å².